The SMILES string of the molecule is CC(C)Oc1ccccc1NC(=O)[C@H]1[C@@H](O)[C@H](c2cccc(F)c2)CN1C(=O)OCc1ccccc1. The van der Waals surface area contributed by atoms with Crippen LogP contribution in [0, 0.1) is 5.82 Å². The number of benzene rings is 3. The first-order valence-electron chi connectivity index (χ1n) is 11.8. The number of amides is 2. The molecule has 36 heavy (non-hydrogen) atoms. The van der Waals surface area contributed by atoms with Crippen molar-refractivity contribution in [1.29, 1.82) is 0 Å². The van der Waals surface area contributed by atoms with Gasteiger partial charge in [0.2, 0.25) is 5.91 Å². The minimum absolute atomic E-state index is 0.0102. The van der Waals surface area contributed by atoms with Gasteiger partial charge < -0.3 is 19.9 Å². The van der Waals surface area contributed by atoms with Gasteiger partial charge in [0, 0.05) is 12.5 Å². The summed E-state index contributed by atoms with van der Waals surface area (Å²) in [5, 5.41) is 14.0. The number of rotatable bonds is 7. The molecule has 2 amide bonds. The van der Waals surface area contributed by atoms with Crippen LogP contribution in [0.1, 0.15) is 30.9 Å². The van der Waals surface area contributed by atoms with Crippen molar-refractivity contribution in [3.63, 3.8) is 0 Å². The molecule has 1 aliphatic rings. The van der Waals surface area contributed by atoms with Crippen LogP contribution in [-0.4, -0.2) is 46.8 Å². The van der Waals surface area contributed by atoms with Crippen LogP contribution in [0.4, 0.5) is 14.9 Å². The molecule has 0 aliphatic carbocycles. The van der Waals surface area contributed by atoms with E-state index in [-0.39, 0.29) is 19.3 Å². The van der Waals surface area contributed by atoms with E-state index in [1.165, 1.54) is 23.1 Å². The summed E-state index contributed by atoms with van der Waals surface area (Å²) in [6, 6.07) is 20.6. The minimum atomic E-state index is -1.28. The Hall–Kier alpha value is -3.91. The van der Waals surface area contributed by atoms with Crippen molar-refractivity contribution >= 4 is 17.7 Å². The van der Waals surface area contributed by atoms with Gasteiger partial charge in [0.15, 0.2) is 0 Å². The number of aliphatic hydroxyl groups is 1. The molecule has 3 aromatic carbocycles. The topological polar surface area (TPSA) is 88.1 Å². The molecular formula is C28H29FN2O5. The number of anilines is 1. The lowest BCUT2D eigenvalue weighted by Gasteiger charge is -2.25. The van der Waals surface area contributed by atoms with Gasteiger partial charge in [-0.2, -0.15) is 0 Å². The summed E-state index contributed by atoms with van der Waals surface area (Å²) in [6.07, 6.45) is -2.15. The zero-order valence-corrected chi connectivity index (χ0v) is 20.1. The first-order chi connectivity index (χ1) is 17.3. The highest BCUT2D eigenvalue weighted by atomic mass is 19.1. The second-order valence-corrected chi connectivity index (χ2v) is 8.94. The van der Waals surface area contributed by atoms with Crippen LogP contribution in [0.3, 0.4) is 0 Å². The van der Waals surface area contributed by atoms with Crippen molar-refractivity contribution < 1.29 is 28.6 Å². The van der Waals surface area contributed by atoms with E-state index < -0.39 is 35.9 Å². The molecule has 0 radical (unpaired) electrons. The smallest absolute Gasteiger partial charge is 0.410 e. The third-order valence-corrected chi connectivity index (χ3v) is 5.96. The molecule has 8 heteroatoms. The molecule has 0 spiro atoms. The van der Waals surface area contributed by atoms with Gasteiger partial charge in [-0.3, -0.25) is 9.69 Å². The second kappa shape index (κ2) is 11.2. The monoisotopic (exact) mass is 492 g/mol. The number of halogens is 1. The number of ether oxygens (including phenoxy) is 2. The largest absolute Gasteiger partial charge is 0.489 e. The first kappa shape index (κ1) is 25.2. The molecule has 1 aliphatic heterocycles. The van der Waals surface area contributed by atoms with Crippen LogP contribution < -0.4 is 10.1 Å². The van der Waals surface area contributed by atoms with Crippen LogP contribution in [0.25, 0.3) is 0 Å². The van der Waals surface area contributed by atoms with E-state index >= 15 is 0 Å². The highest BCUT2D eigenvalue weighted by Crippen LogP contribution is 2.35. The highest BCUT2D eigenvalue weighted by molar-refractivity contribution is 5.98. The Balaban J connectivity index is 1.59. The van der Waals surface area contributed by atoms with Crippen molar-refractivity contribution in [2.75, 3.05) is 11.9 Å². The van der Waals surface area contributed by atoms with E-state index in [4.69, 9.17) is 9.47 Å². The van der Waals surface area contributed by atoms with Gasteiger partial charge in [-0.1, -0.05) is 54.6 Å². The lowest BCUT2D eigenvalue weighted by molar-refractivity contribution is -0.122. The summed E-state index contributed by atoms with van der Waals surface area (Å²) >= 11 is 0. The van der Waals surface area contributed by atoms with Gasteiger partial charge in [-0.25, -0.2) is 9.18 Å². The number of aliphatic hydroxyl groups excluding tert-OH is 1. The molecule has 1 fully saturated rings. The number of hydrogen-bond donors (Lipinski definition) is 2. The van der Waals surface area contributed by atoms with Crippen LogP contribution >= 0.6 is 0 Å². The zero-order valence-electron chi connectivity index (χ0n) is 20.1. The Morgan fingerprint density at radius 2 is 1.78 bits per heavy atom. The van der Waals surface area contributed by atoms with Crippen molar-refractivity contribution in [1.82, 2.24) is 4.90 Å². The predicted molar refractivity (Wildman–Crippen MR) is 133 cm³/mol. The van der Waals surface area contributed by atoms with Gasteiger partial charge in [-0.15, -0.1) is 0 Å². The van der Waals surface area contributed by atoms with Crippen molar-refractivity contribution in [3.8, 4) is 5.75 Å². The Morgan fingerprint density at radius 3 is 2.50 bits per heavy atom. The van der Waals surface area contributed by atoms with E-state index in [1.54, 1.807) is 30.3 Å². The molecule has 2 N–H and O–H groups in total. The number of carbonyl (C=O) groups excluding carboxylic acids is 2. The van der Waals surface area contributed by atoms with Crippen molar-refractivity contribution in [3.05, 3.63) is 95.8 Å². The fourth-order valence-corrected chi connectivity index (χ4v) is 4.30. The van der Waals surface area contributed by atoms with Gasteiger partial charge in [0.1, 0.15) is 24.2 Å². The summed E-state index contributed by atoms with van der Waals surface area (Å²) in [5.74, 6) is -1.28. The quantitative estimate of drug-likeness (QED) is 0.499. The van der Waals surface area contributed by atoms with Crippen LogP contribution in [0.5, 0.6) is 5.75 Å². The molecule has 1 saturated heterocycles. The molecule has 4 rings (SSSR count). The third-order valence-electron chi connectivity index (χ3n) is 5.96. The van der Waals surface area contributed by atoms with Gasteiger partial charge in [-0.05, 0) is 49.2 Å². The van der Waals surface area contributed by atoms with Crippen LogP contribution in [0.2, 0.25) is 0 Å². The van der Waals surface area contributed by atoms with Gasteiger partial charge in [0.25, 0.3) is 0 Å². The lowest BCUT2D eigenvalue weighted by atomic mass is 9.93. The number of nitrogens with one attached hydrogen (secondary N) is 1. The molecular weight excluding hydrogens is 463 g/mol. The second-order valence-electron chi connectivity index (χ2n) is 8.94. The van der Waals surface area contributed by atoms with Crippen molar-refractivity contribution in [2.24, 2.45) is 0 Å². The number of nitrogens with zero attached hydrogens (tertiary/aromatic N) is 1. The zero-order chi connectivity index (χ0) is 25.7. The third kappa shape index (κ3) is 5.83. The summed E-state index contributed by atoms with van der Waals surface area (Å²) in [4.78, 5) is 27.7. The van der Waals surface area contributed by atoms with E-state index in [9.17, 15) is 19.1 Å². The van der Waals surface area contributed by atoms with Crippen LogP contribution in [-0.2, 0) is 16.1 Å². The maximum absolute atomic E-state index is 13.9. The normalized spacial score (nSPS) is 19.2. The van der Waals surface area contributed by atoms with E-state index in [0.29, 0.717) is 17.0 Å². The van der Waals surface area contributed by atoms with Crippen LogP contribution in [0.15, 0.2) is 78.9 Å². The maximum Gasteiger partial charge on any atom is 0.410 e. The van der Waals surface area contributed by atoms with Crippen molar-refractivity contribution in [2.45, 2.75) is 44.6 Å². The van der Waals surface area contributed by atoms with E-state index in [1.807, 2.05) is 44.2 Å². The molecule has 0 aromatic heterocycles. The summed E-state index contributed by atoms with van der Waals surface area (Å²) in [7, 11) is 0. The Kier molecular flexibility index (Phi) is 7.85. The number of para-hydroxylation sites is 2. The summed E-state index contributed by atoms with van der Waals surface area (Å²) in [6.45, 7) is 3.73. The average molecular weight is 493 g/mol. The summed E-state index contributed by atoms with van der Waals surface area (Å²) in [5.41, 5.74) is 1.69. The maximum atomic E-state index is 13.9. The average Bonchev–Trinajstić information content (AvgIpc) is 3.21. The molecule has 1 heterocycles. The molecule has 7 nitrogen and oxygen atoms in total. The number of hydrogen-bond acceptors (Lipinski definition) is 5. The highest BCUT2D eigenvalue weighted by Gasteiger charge is 2.48. The molecule has 188 valence electrons. The Bertz CT molecular complexity index is 1200. The molecule has 0 bridgehead atoms. The fourth-order valence-electron chi connectivity index (χ4n) is 4.30. The minimum Gasteiger partial charge on any atom is -0.489 e. The fraction of sp³-hybridized carbons (Fsp3) is 0.286. The Labute approximate surface area is 209 Å². The van der Waals surface area contributed by atoms with Gasteiger partial charge in [0.05, 0.1) is 17.9 Å². The molecule has 3 atom stereocenters. The van der Waals surface area contributed by atoms with Gasteiger partial charge >= 0.3 is 6.09 Å². The predicted octanol–water partition coefficient (Wildman–Crippen LogP) is 4.72. The van der Waals surface area contributed by atoms with E-state index in [2.05, 4.69) is 5.32 Å². The molecule has 0 saturated carbocycles. The summed E-state index contributed by atoms with van der Waals surface area (Å²) < 4.78 is 25.2. The number of likely N-dealkylation sites (tertiary alicyclic amines) is 1. The lowest BCUT2D eigenvalue weighted by Crippen LogP contribution is -2.48. The molecule has 0 unspecified atom stereocenters. The molecule has 3 aromatic rings. The first-order valence-corrected chi connectivity index (χ1v) is 11.8. The number of carbonyl (C=O) groups is 2. The standard InChI is InChI=1S/C28H29FN2O5/c1-18(2)36-24-14-7-6-13-23(24)30-27(33)25-26(32)22(20-11-8-12-21(29)15-20)16-31(25)28(34)35-17-19-9-4-3-5-10-19/h3-15,18,22,25-26,32H,16-17H2,1-2H3,(H,30,33)/t22-,25+,26-/m0/s1. The van der Waals surface area contributed by atoms with E-state index in [0.717, 1.165) is 5.56 Å². The Morgan fingerprint density at radius 1 is 1.06 bits per heavy atom.